The van der Waals surface area contributed by atoms with Gasteiger partial charge in [-0.05, 0) is 49.9 Å². The Labute approximate surface area is 111 Å². The molecule has 2 heteroatoms. The Hall–Kier alpha value is -1.44. The van der Waals surface area contributed by atoms with E-state index >= 15 is 0 Å². The SMILES string of the molecule is C=CCCCCCNc1ccc(OCCC)cc1. The molecule has 0 spiro atoms. The smallest absolute Gasteiger partial charge is 0.119 e. The molecular weight excluding hydrogens is 222 g/mol. The van der Waals surface area contributed by atoms with Crippen molar-refractivity contribution in [3.05, 3.63) is 36.9 Å². The topological polar surface area (TPSA) is 21.3 Å². The van der Waals surface area contributed by atoms with E-state index in [1.807, 2.05) is 18.2 Å². The van der Waals surface area contributed by atoms with Gasteiger partial charge in [0.2, 0.25) is 0 Å². The second kappa shape index (κ2) is 9.58. The van der Waals surface area contributed by atoms with E-state index < -0.39 is 0 Å². The van der Waals surface area contributed by atoms with Crippen LogP contribution in [0.15, 0.2) is 36.9 Å². The third kappa shape index (κ3) is 6.33. The maximum absolute atomic E-state index is 5.54. The molecule has 0 saturated carbocycles. The van der Waals surface area contributed by atoms with E-state index in [9.17, 15) is 0 Å². The Balaban J connectivity index is 2.16. The van der Waals surface area contributed by atoms with Gasteiger partial charge in [0.1, 0.15) is 5.75 Å². The second-order valence-electron chi connectivity index (χ2n) is 4.44. The molecule has 1 aromatic rings. The molecule has 0 bridgehead atoms. The molecule has 1 rings (SSSR count). The van der Waals surface area contributed by atoms with Crippen LogP contribution in [0.1, 0.15) is 39.0 Å². The van der Waals surface area contributed by atoms with Crippen LogP contribution in [0.2, 0.25) is 0 Å². The molecule has 0 aliphatic rings. The van der Waals surface area contributed by atoms with Gasteiger partial charge in [-0.3, -0.25) is 0 Å². The molecule has 1 aromatic carbocycles. The molecule has 0 heterocycles. The summed E-state index contributed by atoms with van der Waals surface area (Å²) in [7, 11) is 0. The van der Waals surface area contributed by atoms with Crippen molar-refractivity contribution in [3.63, 3.8) is 0 Å². The lowest BCUT2D eigenvalue weighted by molar-refractivity contribution is 0.317. The van der Waals surface area contributed by atoms with Crippen LogP contribution >= 0.6 is 0 Å². The summed E-state index contributed by atoms with van der Waals surface area (Å²) in [6.45, 7) is 7.66. The first-order valence-corrected chi connectivity index (χ1v) is 6.94. The number of nitrogens with one attached hydrogen (secondary N) is 1. The van der Waals surface area contributed by atoms with Crippen molar-refractivity contribution in [2.24, 2.45) is 0 Å². The number of allylic oxidation sites excluding steroid dienone is 1. The summed E-state index contributed by atoms with van der Waals surface area (Å²) < 4.78 is 5.54. The number of anilines is 1. The highest BCUT2D eigenvalue weighted by atomic mass is 16.5. The minimum Gasteiger partial charge on any atom is -0.494 e. The Bertz CT molecular complexity index is 318. The van der Waals surface area contributed by atoms with Gasteiger partial charge in [-0.1, -0.05) is 19.4 Å². The first-order chi connectivity index (χ1) is 8.86. The number of hydrogen-bond donors (Lipinski definition) is 1. The van der Waals surface area contributed by atoms with Gasteiger partial charge in [0.05, 0.1) is 6.61 Å². The Morgan fingerprint density at radius 2 is 1.94 bits per heavy atom. The molecule has 1 N–H and O–H groups in total. The van der Waals surface area contributed by atoms with Gasteiger partial charge >= 0.3 is 0 Å². The maximum atomic E-state index is 5.54. The molecule has 0 aliphatic carbocycles. The lowest BCUT2D eigenvalue weighted by Crippen LogP contribution is -2.01. The number of rotatable bonds is 10. The van der Waals surface area contributed by atoms with Crippen LogP contribution < -0.4 is 10.1 Å². The molecule has 0 amide bonds. The van der Waals surface area contributed by atoms with Gasteiger partial charge in [0.25, 0.3) is 0 Å². The summed E-state index contributed by atoms with van der Waals surface area (Å²) in [5.41, 5.74) is 1.17. The van der Waals surface area contributed by atoms with E-state index in [1.54, 1.807) is 0 Å². The molecule has 0 saturated heterocycles. The summed E-state index contributed by atoms with van der Waals surface area (Å²) in [6, 6.07) is 8.20. The van der Waals surface area contributed by atoms with Crippen molar-refractivity contribution in [1.82, 2.24) is 0 Å². The first kappa shape index (κ1) is 14.6. The quantitative estimate of drug-likeness (QED) is 0.480. The zero-order valence-corrected chi connectivity index (χ0v) is 11.5. The van der Waals surface area contributed by atoms with Crippen LogP contribution in [0.3, 0.4) is 0 Å². The van der Waals surface area contributed by atoms with Crippen molar-refractivity contribution >= 4 is 5.69 Å². The number of ether oxygens (including phenoxy) is 1. The molecule has 0 aromatic heterocycles. The van der Waals surface area contributed by atoms with E-state index in [0.29, 0.717) is 0 Å². The molecule has 100 valence electrons. The standard InChI is InChI=1S/C16H25NO/c1-3-5-6-7-8-13-17-15-9-11-16(12-10-15)18-14-4-2/h3,9-12,17H,1,4-8,13-14H2,2H3. The molecule has 0 fully saturated rings. The maximum Gasteiger partial charge on any atom is 0.119 e. The van der Waals surface area contributed by atoms with Crippen molar-refractivity contribution < 1.29 is 4.74 Å². The highest BCUT2D eigenvalue weighted by molar-refractivity contribution is 5.46. The number of benzene rings is 1. The largest absolute Gasteiger partial charge is 0.494 e. The fourth-order valence-corrected chi connectivity index (χ4v) is 1.71. The summed E-state index contributed by atoms with van der Waals surface area (Å²) in [6.07, 6.45) is 7.88. The van der Waals surface area contributed by atoms with Crippen LogP contribution in [-0.4, -0.2) is 13.2 Å². The van der Waals surface area contributed by atoms with Gasteiger partial charge < -0.3 is 10.1 Å². The fourth-order valence-electron chi connectivity index (χ4n) is 1.71. The number of hydrogen-bond acceptors (Lipinski definition) is 2. The van der Waals surface area contributed by atoms with E-state index in [-0.39, 0.29) is 0 Å². The van der Waals surface area contributed by atoms with Gasteiger partial charge in [-0.25, -0.2) is 0 Å². The molecule has 0 aliphatic heterocycles. The van der Waals surface area contributed by atoms with Crippen molar-refractivity contribution in [1.29, 1.82) is 0 Å². The zero-order valence-electron chi connectivity index (χ0n) is 11.5. The van der Waals surface area contributed by atoms with Crippen molar-refractivity contribution in [2.75, 3.05) is 18.5 Å². The highest BCUT2D eigenvalue weighted by Crippen LogP contribution is 2.16. The fraction of sp³-hybridized carbons (Fsp3) is 0.500. The van der Waals surface area contributed by atoms with E-state index in [0.717, 1.165) is 31.7 Å². The van der Waals surface area contributed by atoms with Crippen LogP contribution in [-0.2, 0) is 0 Å². The molecule has 2 nitrogen and oxygen atoms in total. The minimum absolute atomic E-state index is 0.788. The average molecular weight is 247 g/mol. The predicted molar refractivity (Wildman–Crippen MR) is 79.4 cm³/mol. The molecule has 0 atom stereocenters. The first-order valence-electron chi connectivity index (χ1n) is 6.94. The predicted octanol–water partition coefficient (Wildman–Crippen LogP) is 4.63. The highest BCUT2D eigenvalue weighted by Gasteiger charge is 1.94. The van der Waals surface area contributed by atoms with Crippen LogP contribution in [0.5, 0.6) is 5.75 Å². The van der Waals surface area contributed by atoms with Gasteiger partial charge in [0, 0.05) is 12.2 Å². The monoisotopic (exact) mass is 247 g/mol. The Morgan fingerprint density at radius 1 is 1.17 bits per heavy atom. The Morgan fingerprint density at radius 3 is 2.61 bits per heavy atom. The summed E-state index contributed by atoms with van der Waals surface area (Å²) in [5.74, 6) is 0.952. The summed E-state index contributed by atoms with van der Waals surface area (Å²) >= 11 is 0. The Kier molecular flexibility index (Phi) is 7.78. The molecular formula is C16H25NO. The second-order valence-corrected chi connectivity index (χ2v) is 4.44. The average Bonchev–Trinajstić information content (AvgIpc) is 2.42. The van der Waals surface area contributed by atoms with Gasteiger partial charge in [-0.2, -0.15) is 0 Å². The zero-order chi connectivity index (χ0) is 13.1. The molecule has 0 radical (unpaired) electrons. The van der Waals surface area contributed by atoms with Crippen LogP contribution in [0, 0.1) is 0 Å². The van der Waals surface area contributed by atoms with Crippen LogP contribution in [0.25, 0.3) is 0 Å². The normalized spacial score (nSPS) is 10.1. The van der Waals surface area contributed by atoms with E-state index in [1.165, 1.54) is 24.9 Å². The van der Waals surface area contributed by atoms with Gasteiger partial charge in [-0.15, -0.1) is 6.58 Å². The van der Waals surface area contributed by atoms with E-state index in [2.05, 4.69) is 31.0 Å². The lowest BCUT2D eigenvalue weighted by atomic mass is 10.2. The minimum atomic E-state index is 0.788. The third-order valence-electron chi connectivity index (χ3n) is 2.74. The van der Waals surface area contributed by atoms with Gasteiger partial charge in [0.15, 0.2) is 0 Å². The van der Waals surface area contributed by atoms with E-state index in [4.69, 9.17) is 4.74 Å². The molecule has 18 heavy (non-hydrogen) atoms. The van der Waals surface area contributed by atoms with Crippen molar-refractivity contribution in [3.8, 4) is 5.75 Å². The number of unbranched alkanes of at least 4 members (excludes halogenated alkanes) is 3. The third-order valence-corrected chi connectivity index (χ3v) is 2.74. The lowest BCUT2D eigenvalue weighted by Gasteiger charge is -2.08. The van der Waals surface area contributed by atoms with Crippen LogP contribution in [0.4, 0.5) is 5.69 Å². The summed E-state index contributed by atoms with van der Waals surface area (Å²) in [4.78, 5) is 0. The van der Waals surface area contributed by atoms with Crippen molar-refractivity contribution in [2.45, 2.75) is 39.0 Å². The summed E-state index contributed by atoms with van der Waals surface area (Å²) in [5, 5.41) is 3.42. The molecule has 0 unspecified atom stereocenters.